The van der Waals surface area contributed by atoms with Gasteiger partial charge in [-0.1, -0.05) is 13.8 Å². The van der Waals surface area contributed by atoms with E-state index in [2.05, 4.69) is 29.8 Å². The molecule has 3 rings (SSSR count). The van der Waals surface area contributed by atoms with Crippen LogP contribution in [0.4, 0.5) is 0 Å². The van der Waals surface area contributed by atoms with E-state index in [1.165, 1.54) is 10.4 Å². The number of hydrogen-bond donors (Lipinski definition) is 1. The average molecular weight is 348 g/mol. The van der Waals surface area contributed by atoms with Crippen molar-refractivity contribution < 1.29 is 4.74 Å². The van der Waals surface area contributed by atoms with Crippen molar-refractivity contribution in [2.75, 3.05) is 33.3 Å². The van der Waals surface area contributed by atoms with Gasteiger partial charge in [0.15, 0.2) is 0 Å². The Morgan fingerprint density at radius 1 is 1.50 bits per heavy atom. The third-order valence-electron chi connectivity index (χ3n) is 5.29. The van der Waals surface area contributed by atoms with Crippen LogP contribution in [0.3, 0.4) is 0 Å². The van der Waals surface area contributed by atoms with Crippen LogP contribution < -0.4 is 5.73 Å². The molecule has 0 radical (unpaired) electrons. The van der Waals surface area contributed by atoms with E-state index in [-0.39, 0.29) is 5.60 Å². The van der Waals surface area contributed by atoms with E-state index in [0.29, 0.717) is 5.92 Å². The average Bonchev–Trinajstić information content (AvgIpc) is 3.06. The lowest BCUT2D eigenvalue weighted by molar-refractivity contribution is -0.102. The summed E-state index contributed by atoms with van der Waals surface area (Å²) in [6, 6.07) is 2.42. The van der Waals surface area contributed by atoms with Crippen molar-refractivity contribution in [1.29, 1.82) is 0 Å². The maximum atomic E-state index is 6.44. The summed E-state index contributed by atoms with van der Waals surface area (Å²) in [6.45, 7) is 8.34. The molecule has 1 aromatic rings. The fourth-order valence-corrected chi connectivity index (χ4v) is 5.07. The molecule has 1 aromatic heterocycles. The first-order chi connectivity index (χ1) is 11.6. The second-order valence-electron chi connectivity index (χ2n) is 6.96. The molecule has 0 amide bonds. The fraction of sp³-hybridized carbons (Fsp3) is 0.632. The molecule has 0 saturated carbocycles. The highest BCUT2D eigenvalue weighted by atomic mass is 32.1. The number of rotatable bonds is 4. The van der Waals surface area contributed by atoms with E-state index < -0.39 is 0 Å². The molecule has 1 unspecified atom stereocenters. The molecule has 1 saturated heterocycles. The molecule has 5 heteroatoms. The zero-order valence-corrected chi connectivity index (χ0v) is 15.9. The van der Waals surface area contributed by atoms with Crippen molar-refractivity contribution in [3.05, 3.63) is 33.2 Å². The lowest BCUT2D eigenvalue weighted by atomic mass is 9.80. The Kier molecular flexibility index (Phi) is 5.42. The van der Waals surface area contributed by atoms with Crippen LogP contribution in [0.15, 0.2) is 22.8 Å². The van der Waals surface area contributed by atoms with Crippen molar-refractivity contribution >= 4 is 17.6 Å². The molecule has 1 spiro atoms. The summed E-state index contributed by atoms with van der Waals surface area (Å²) in [4.78, 5) is 9.60. The number of aliphatic imine (C=N–C) groups is 1. The Bertz CT molecular complexity index is 627. The minimum Gasteiger partial charge on any atom is -0.404 e. The maximum Gasteiger partial charge on any atom is 0.0966 e. The predicted octanol–water partition coefficient (Wildman–Crippen LogP) is 3.28. The van der Waals surface area contributed by atoms with Crippen LogP contribution >= 0.6 is 11.3 Å². The van der Waals surface area contributed by atoms with E-state index in [4.69, 9.17) is 10.5 Å². The van der Waals surface area contributed by atoms with Gasteiger partial charge in [-0.05, 0) is 42.7 Å². The van der Waals surface area contributed by atoms with Gasteiger partial charge < -0.3 is 10.5 Å². The molecule has 3 heterocycles. The first-order valence-electron chi connectivity index (χ1n) is 8.94. The SMILES string of the molecule is CCc1cc2c(s1)C(C)COC21CCN(CC(C=NC)=CN)CC1. The normalized spacial score (nSPS) is 24.6. The second-order valence-corrected chi connectivity index (χ2v) is 8.12. The number of nitrogens with two attached hydrogens (primary N) is 1. The first-order valence-corrected chi connectivity index (χ1v) is 9.76. The maximum absolute atomic E-state index is 6.44. The summed E-state index contributed by atoms with van der Waals surface area (Å²) in [6.07, 6.45) is 6.77. The van der Waals surface area contributed by atoms with Gasteiger partial charge in [-0.15, -0.1) is 11.3 Å². The molecule has 2 aliphatic heterocycles. The lowest BCUT2D eigenvalue weighted by Gasteiger charge is -2.45. The minimum absolute atomic E-state index is 0.0618. The van der Waals surface area contributed by atoms with E-state index in [9.17, 15) is 0 Å². The minimum atomic E-state index is -0.0618. The number of thiophene rings is 1. The topological polar surface area (TPSA) is 50.8 Å². The molecule has 132 valence electrons. The second kappa shape index (κ2) is 7.38. The zero-order valence-electron chi connectivity index (χ0n) is 15.0. The Balaban J connectivity index is 1.74. The summed E-state index contributed by atoms with van der Waals surface area (Å²) in [7, 11) is 1.79. The van der Waals surface area contributed by atoms with Gasteiger partial charge in [-0.25, -0.2) is 0 Å². The summed E-state index contributed by atoms with van der Waals surface area (Å²) in [5.41, 5.74) is 8.20. The molecule has 4 nitrogen and oxygen atoms in total. The van der Waals surface area contributed by atoms with Gasteiger partial charge in [0.2, 0.25) is 0 Å². The standard InChI is InChI=1S/C19H29N3OS/c1-4-16-9-17-18(24-16)14(2)13-23-19(17)5-7-22(8-6-19)12-15(10-20)11-21-3/h9-11,14H,4-8,12-13,20H2,1-3H3. The Labute approximate surface area is 149 Å². The number of nitrogens with zero attached hydrogens (tertiary/aromatic N) is 2. The number of likely N-dealkylation sites (tertiary alicyclic amines) is 1. The monoisotopic (exact) mass is 347 g/mol. The summed E-state index contributed by atoms with van der Waals surface area (Å²) in [5, 5.41) is 0. The molecular formula is C19H29N3OS. The Hall–Kier alpha value is -1.17. The predicted molar refractivity (Wildman–Crippen MR) is 102 cm³/mol. The van der Waals surface area contributed by atoms with Gasteiger partial charge in [-0.3, -0.25) is 9.89 Å². The van der Waals surface area contributed by atoms with Gasteiger partial charge in [0.05, 0.1) is 12.2 Å². The van der Waals surface area contributed by atoms with Gasteiger partial charge >= 0.3 is 0 Å². The number of piperidine rings is 1. The van der Waals surface area contributed by atoms with Crippen LogP contribution in [0.5, 0.6) is 0 Å². The number of hydrogen-bond acceptors (Lipinski definition) is 5. The largest absolute Gasteiger partial charge is 0.404 e. The van der Waals surface area contributed by atoms with Crippen LogP contribution in [0.2, 0.25) is 0 Å². The molecule has 1 atom stereocenters. The highest BCUT2D eigenvalue weighted by Crippen LogP contribution is 2.48. The van der Waals surface area contributed by atoms with Gasteiger partial charge in [-0.2, -0.15) is 0 Å². The van der Waals surface area contributed by atoms with Gasteiger partial charge in [0.1, 0.15) is 0 Å². The summed E-state index contributed by atoms with van der Waals surface area (Å²) in [5.74, 6) is 0.529. The van der Waals surface area contributed by atoms with Crippen molar-refractivity contribution in [2.45, 2.75) is 44.6 Å². The molecule has 1 fully saturated rings. The smallest absolute Gasteiger partial charge is 0.0966 e. The molecule has 24 heavy (non-hydrogen) atoms. The van der Waals surface area contributed by atoms with Gasteiger partial charge in [0.25, 0.3) is 0 Å². The van der Waals surface area contributed by atoms with Crippen LogP contribution in [0, 0.1) is 0 Å². The highest BCUT2D eigenvalue weighted by Gasteiger charge is 2.43. The van der Waals surface area contributed by atoms with Crippen LogP contribution in [-0.2, 0) is 16.8 Å². The first kappa shape index (κ1) is 17.6. The van der Waals surface area contributed by atoms with Crippen molar-refractivity contribution in [1.82, 2.24) is 4.90 Å². The van der Waals surface area contributed by atoms with E-state index >= 15 is 0 Å². The van der Waals surface area contributed by atoms with E-state index in [1.807, 2.05) is 17.6 Å². The molecule has 0 aliphatic carbocycles. The van der Waals surface area contributed by atoms with Crippen LogP contribution in [0.1, 0.15) is 47.9 Å². The summed E-state index contributed by atoms with van der Waals surface area (Å²) < 4.78 is 6.44. The molecule has 2 N–H and O–H groups in total. The molecule has 2 aliphatic rings. The van der Waals surface area contributed by atoms with Crippen molar-refractivity contribution in [2.24, 2.45) is 10.7 Å². The number of fused-ring (bicyclic) bond motifs is 2. The zero-order chi connectivity index (χ0) is 17.2. The quantitative estimate of drug-likeness (QED) is 0.851. The Morgan fingerprint density at radius 2 is 2.25 bits per heavy atom. The molecular weight excluding hydrogens is 318 g/mol. The van der Waals surface area contributed by atoms with Crippen molar-refractivity contribution in [3.63, 3.8) is 0 Å². The van der Waals surface area contributed by atoms with Crippen LogP contribution in [0.25, 0.3) is 0 Å². The third kappa shape index (κ3) is 3.30. The van der Waals surface area contributed by atoms with Gasteiger partial charge in [0, 0.05) is 48.6 Å². The lowest BCUT2D eigenvalue weighted by Crippen LogP contribution is -2.47. The number of aryl methyl sites for hydroxylation is 1. The number of ether oxygens (including phenoxy) is 1. The van der Waals surface area contributed by atoms with E-state index in [1.54, 1.807) is 18.1 Å². The fourth-order valence-electron chi connectivity index (χ4n) is 3.84. The van der Waals surface area contributed by atoms with E-state index in [0.717, 1.165) is 51.1 Å². The summed E-state index contributed by atoms with van der Waals surface area (Å²) >= 11 is 2.00. The molecule has 0 bridgehead atoms. The third-order valence-corrected chi connectivity index (χ3v) is 6.80. The Morgan fingerprint density at radius 3 is 2.88 bits per heavy atom. The molecule has 0 aromatic carbocycles. The highest BCUT2D eigenvalue weighted by molar-refractivity contribution is 7.12. The van der Waals surface area contributed by atoms with Crippen molar-refractivity contribution in [3.8, 4) is 0 Å². The van der Waals surface area contributed by atoms with Crippen LogP contribution in [-0.4, -0.2) is 44.4 Å².